The number of unbranched alkanes of at least 4 members (excludes halogenated alkanes) is 7. The number of aryl methyl sites for hydroxylation is 1. The molecule has 0 N–H and O–H groups in total. The average molecular weight is 420 g/mol. The number of aromatic nitrogens is 1. The predicted octanol–water partition coefficient (Wildman–Crippen LogP) is 8.15. The largest absolute Gasteiger partial charge is 0.473 e. The number of hydrogen-bond acceptors (Lipinski definition) is 2. The van der Waals surface area contributed by atoms with E-state index in [1.807, 2.05) is 54.6 Å². The third kappa shape index (κ3) is 7.82. The summed E-state index contributed by atoms with van der Waals surface area (Å²) in [7, 11) is 0. The molecule has 0 fully saturated rings. The van der Waals surface area contributed by atoms with Gasteiger partial charge in [-0.3, -0.25) is 0 Å². The molecule has 31 heavy (non-hydrogen) atoms. The van der Waals surface area contributed by atoms with Crippen molar-refractivity contribution in [2.24, 2.45) is 0 Å². The number of halogens is 1. The van der Waals surface area contributed by atoms with Crippen LogP contribution in [0.25, 0.3) is 11.1 Å². The Labute approximate surface area is 186 Å². The predicted molar refractivity (Wildman–Crippen MR) is 127 cm³/mol. The number of hydrogen-bond donors (Lipinski definition) is 0. The third-order valence-corrected chi connectivity index (χ3v) is 5.65. The van der Waals surface area contributed by atoms with E-state index in [1.54, 1.807) is 12.3 Å². The van der Waals surface area contributed by atoms with Gasteiger partial charge < -0.3 is 4.74 Å². The first kappa shape index (κ1) is 23.0. The lowest BCUT2D eigenvalue weighted by atomic mass is 10.0. The molecule has 0 saturated carbocycles. The van der Waals surface area contributed by atoms with Gasteiger partial charge in [0, 0.05) is 17.8 Å². The van der Waals surface area contributed by atoms with Crippen molar-refractivity contribution in [3.05, 3.63) is 83.8 Å². The Morgan fingerprint density at radius 3 is 2.16 bits per heavy atom. The van der Waals surface area contributed by atoms with Crippen molar-refractivity contribution in [2.75, 3.05) is 0 Å². The lowest BCUT2D eigenvalue weighted by molar-refractivity contribution is 0.294. The summed E-state index contributed by atoms with van der Waals surface area (Å²) in [6.45, 7) is 2.72. The Kier molecular flexibility index (Phi) is 9.56. The van der Waals surface area contributed by atoms with E-state index >= 15 is 0 Å². The molecule has 0 atom stereocenters. The summed E-state index contributed by atoms with van der Waals surface area (Å²) in [5.41, 5.74) is 3.65. The molecule has 1 aromatic heterocycles. The van der Waals surface area contributed by atoms with Crippen LogP contribution in [0.2, 0.25) is 0 Å². The Hall–Kier alpha value is -2.68. The van der Waals surface area contributed by atoms with Gasteiger partial charge >= 0.3 is 0 Å². The van der Waals surface area contributed by atoms with Gasteiger partial charge in [0.2, 0.25) is 5.88 Å². The first-order valence-corrected chi connectivity index (χ1v) is 11.7. The minimum atomic E-state index is -0.121. The fourth-order valence-corrected chi connectivity index (χ4v) is 3.75. The van der Waals surface area contributed by atoms with Crippen LogP contribution in [0.4, 0.5) is 4.39 Å². The van der Waals surface area contributed by atoms with Gasteiger partial charge in [0.25, 0.3) is 0 Å². The molecule has 2 aromatic carbocycles. The molecule has 3 rings (SSSR count). The maximum atomic E-state index is 14.6. The van der Waals surface area contributed by atoms with Crippen LogP contribution in [0, 0.1) is 5.82 Å². The molecule has 0 unspecified atom stereocenters. The molecule has 2 nitrogen and oxygen atoms in total. The first-order valence-electron chi connectivity index (χ1n) is 11.7. The highest BCUT2D eigenvalue weighted by molar-refractivity contribution is 5.63. The molecule has 0 aliphatic heterocycles. The molecule has 3 heteroatoms. The van der Waals surface area contributed by atoms with Gasteiger partial charge in [-0.1, -0.05) is 94.3 Å². The Bertz CT molecular complexity index is 893. The maximum absolute atomic E-state index is 14.6. The number of nitrogens with zero attached hydrogens (tertiary/aromatic N) is 1. The van der Waals surface area contributed by atoms with Gasteiger partial charge in [-0.25, -0.2) is 9.37 Å². The Morgan fingerprint density at radius 1 is 0.774 bits per heavy atom. The highest BCUT2D eigenvalue weighted by Gasteiger charge is 2.07. The van der Waals surface area contributed by atoms with E-state index in [1.165, 1.54) is 44.9 Å². The summed E-state index contributed by atoms with van der Waals surface area (Å²) in [5, 5.41) is 0. The van der Waals surface area contributed by atoms with Gasteiger partial charge in [-0.2, -0.15) is 0 Å². The SMILES string of the molecule is CCCCCCCCCCc1ccc(-c2ccc(OCc3ccccc3)nc2)cc1F. The summed E-state index contributed by atoms with van der Waals surface area (Å²) in [6.07, 6.45) is 12.7. The van der Waals surface area contributed by atoms with Crippen LogP contribution in [0.15, 0.2) is 66.9 Å². The van der Waals surface area contributed by atoms with Crippen molar-refractivity contribution in [1.82, 2.24) is 4.98 Å². The molecule has 0 saturated heterocycles. The van der Waals surface area contributed by atoms with Crippen molar-refractivity contribution in [3.63, 3.8) is 0 Å². The van der Waals surface area contributed by atoms with E-state index in [0.29, 0.717) is 12.5 Å². The van der Waals surface area contributed by atoms with E-state index in [2.05, 4.69) is 11.9 Å². The number of benzene rings is 2. The van der Waals surface area contributed by atoms with E-state index in [4.69, 9.17) is 4.74 Å². The van der Waals surface area contributed by atoms with Crippen molar-refractivity contribution in [3.8, 4) is 17.0 Å². The average Bonchev–Trinajstić information content (AvgIpc) is 2.81. The summed E-state index contributed by atoms with van der Waals surface area (Å²) >= 11 is 0. The van der Waals surface area contributed by atoms with Crippen molar-refractivity contribution in [2.45, 2.75) is 71.3 Å². The highest BCUT2D eigenvalue weighted by atomic mass is 19.1. The summed E-state index contributed by atoms with van der Waals surface area (Å²) < 4.78 is 20.3. The zero-order valence-corrected chi connectivity index (χ0v) is 18.7. The topological polar surface area (TPSA) is 22.1 Å². The number of pyridine rings is 1. The zero-order chi connectivity index (χ0) is 21.7. The monoisotopic (exact) mass is 419 g/mol. The highest BCUT2D eigenvalue weighted by Crippen LogP contribution is 2.24. The molecule has 1 heterocycles. The maximum Gasteiger partial charge on any atom is 0.213 e. The second-order valence-corrected chi connectivity index (χ2v) is 8.19. The summed E-state index contributed by atoms with van der Waals surface area (Å²) in [5.74, 6) is 0.448. The normalized spacial score (nSPS) is 10.9. The molecule has 0 amide bonds. The second-order valence-electron chi connectivity index (χ2n) is 8.19. The Balaban J connectivity index is 1.45. The van der Waals surface area contributed by atoms with Gasteiger partial charge in [-0.05, 0) is 41.7 Å². The molecule has 0 bridgehead atoms. The van der Waals surface area contributed by atoms with Crippen LogP contribution < -0.4 is 4.74 Å². The molecule has 0 aliphatic carbocycles. The lowest BCUT2D eigenvalue weighted by Crippen LogP contribution is -1.97. The molecule has 0 aliphatic rings. The first-order chi connectivity index (χ1) is 15.3. The third-order valence-electron chi connectivity index (χ3n) is 5.65. The number of rotatable bonds is 13. The summed E-state index contributed by atoms with van der Waals surface area (Å²) in [6, 6.07) is 19.3. The molecular weight excluding hydrogens is 385 g/mol. The molecule has 3 aromatic rings. The van der Waals surface area contributed by atoms with Gasteiger partial charge in [0.05, 0.1) is 0 Å². The van der Waals surface area contributed by atoms with Crippen LogP contribution in [0.3, 0.4) is 0 Å². The van der Waals surface area contributed by atoms with E-state index in [9.17, 15) is 4.39 Å². The standard InChI is InChI=1S/C28H34FNO/c1-2-3-4-5-6-7-8-12-15-24-16-17-25(20-27(24)29)26-18-19-28(30-21-26)31-22-23-13-10-9-11-14-23/h9-11,13-14,16-21H,2-8,12,15,22H2,1H3. The molecule has 0 radical (unpaired) electrons. The fourth-order valence-electron chi connectivity index (χ4n) is 3.75. The smallest absolute Gasteiger partial charge is 0.213 e. The quantitative estimate of drug-likeness (QED) is 0.261. The fraction of sp³-hybridized carbons (Fsp3) is 0.393. The lowest BCUT2D eigenvalue weighted by Gasteiger charge is -2.08. The van der Waals surface area contributed by atoms with Crippen molar-refractivity contribution >= 4 is 0 Å². The van der Waals surface area contributed by atoms with E-state index in [0.717, 1.165) is 35.1 Å². The Morgan fingerprint density at radius 2 is 1.48 bits per heavy atom. The molecule has 0 spiro atoms. The van der Waals surface area contributed by atoms with E-state index in [-0.39, 0.29) is 5.82 Å². The van der Waals surface area contributed by atoms with Crippen molar-refractivity contribution < 1.29 is 9.13 Å². The summed E-state index contributed by atoms with van der Waals surface area (Å²) in [4.78, 5) is 4.37. The van der Waals surface area contributed by atoms with Gasteiger partial charge in [0.1, 0.15) is 12.4 Å². The minimum absolute atomic E-state index is 0.121. The van der Waals surface area contributed by atoms with E-state index < -0.39 is 0 Å². The van der Waals surface area contributed by atoms with Gasteiger partial charge in [0.15, 0.2) is 0 Å². The van der Waals surface area contributed by atoms with Crippen LogP contribution in [0.1, 0.15) is 69.4 Å². The van der Waals surface area contributed by atoms with Crippen LogP contribution in [0.5, 0.6) is 5.88 Å². The van der Waals surface area contributed by atoms with Crippen LogP contribution in [-0.2, 0) is 13.0 Å². The second kappa shape index (κ2) is 12.9. The van der Waals surface area contributed by atoms with Crippen molar-refractivity contribution in [1.29, 1.82) is 0 Å². The minimum Gasteiger partial charge on any atom is -0.473 e. The number of ether oxygens (including phenoxy) is 1. The molecular formula is C28H34FNO. The van der Waals surface area contributed by atoms with Crippen LogP contribution in [-0.4, -0.2) is 4.98 Å². The molecule has 164 valence electrons. The van der Waals surface area contributed by atoms with Crippen LogP contribution >= 0.6 is 0 Å². The van der Waals surface area contributed by atoms with Gasteiger partial charge in [-0.15, -0.1) is 0 Å². The zero-order valence-electron chi connectivity index (χ0n) is 18.7.